The van der Waals surface area contributed by atoms with Crippen LogP contribution in [0.2, 0.25) is 0 Å². The van der Waals surface area contributed by atoms with E-state index in [-0.39, 0.29) is 5.78 Å². The van der Waals surface area contributed by atoms with Crippen molar-refractivity contribution in [1.82, 2.24) is 9.55 Å². The maximum absolute atomic E-state index is 12.4. The van der Waals surface area contributed by atoms with Crippen LogP contribution in [0.5, 0.6) is 11.5 Å². The molecule has 2 rings (SSSR count). The molecule has 0 saturated carbocycles. The van der Waals surface area contributed by atoms with Gasteiger partial charge in [-0.1, -0.05) is 0 Å². The van der Waals surface area contributed by atoms with E-state index in [1.165, 1.54) is 0 Å². The van der Waals surface area contributed by atoms with E-state index >= 15 is 0 Å². The molecule has 0 radical (unpaired) electrons. The monoisotopic (exact) mass is 274 g/mol. The average molecular weight is 274 g/mol. The van der Waals surface area contributed by atoms with Gasteiger partial charge in [0.1, 0.15) is 5.69 Å². The second-order valence-corrected chi connectivity index (χ2v) is 4.25. The molecule has 0 saturated heterocycles. The molecule has 0 aliphatic rings. The molecule has 1 heterocycles. The van der Waals surface area contributed by atoms with Crippen LogP contribution >= 0.6 is 0 Å². The fourth-order valence-corrected chi connectivity index (χ4v) is 1.92. The summed E-state index contributed by atoms with van der Waals surface area (Å²) < 4.78 is 12.7. The first-order valence-corrected chi connectivity index (χ1v) is 6.58. The molecule has 20 heavy (non-hydrogen) atoms. The Balaban J connectivity index is 2.35. The molecular weight excluding hydrogens is 256 g/mol. The van der Waals surface area contributed by atoms with Gasteiger partial charge in [-0.25, -0.2) is 4.98 Å². The number of rotatable bonds is 6. The minimum absolute atomic E-state index is 0.0889. The third-order valence-electron chi connectivity index (χ3n) is 2.85. The standard InChI is InChI=1S/C15H18N2O3/c1-4-19-13-7-6-11(8-14(13)20-5-2)15(18)12-9-16-10-17(12)3/h6-10H,4-5H2,1-3H3. The molecule has 1 aromatic carbocycles. The van der Waals surface area contributed by atoms with E-state index < -0.39 is 0 Å². The molecule has 0 atom stereocenters. The van der Waals surface area contributed by atoms with Gasteiger partial charge in [0, 0.05) is 12.6 Å². The number of ketones is 1. The Morgan fingerprint density at radius 2 is 1.90 bits per heavy atom. The second kappa shape index (κ2) is 6.23. The summed E-state index contributed by atoms with van der Waals surface area (Å²) in [5, 5.41) is 0. The average Bonchev–Trinajstić information content (AvgIpc) is 2.86. The zero-order valence-electron chi connectivity index (χ0n) is 11.9. The molecule has 106 valence electrons. The Kier molecular flexibility index (Phi) is 4.40. The molecule has 1 aromatic heterocycles. The summed E-state index contributed by atoms with van der Waals surface area (Å²) in [5.74, 6) is 1.15. The van der Waals surface area contributed by atoms with E-state index in [9.17, 15) is 4.79 Å². The van der Waals surface area contributed by atoms with Crippen LogP contribution in [0.3, 0.4) is 0 Å². The van der Waals surface area contributed by atoms with E-state index in [0.717, 1.165) is 0 Å². The SMILES string of the molecule is CCOc1ccc(C(=O)c2cncn2C)cc1OCC. The molecule has 0 spiro atoms. The van der Waals surface area contributed by atoms with Crippen LogP contribution < -0.4 is 9.47 Å². The van der Waals surface area contributed by atoms with Gasteiger partial charge in [-0.15, -0.1) is 0 Å². The van der Waals surface area contributed by atoms with E-state index in [2.05, 4.69) is 4.98 Å². The lowest BCUT2D eigenvalue weighted by atomic mass is 10.1. The van der Waals surface area contributed by atoms with Crippen LogP contribution in [0.25, 0.3) is 0 Å². The van der Waals surface area contributed by atoms with Crippen LogP contribution in [-0.2, 0) is 7.05 Å². The van der Waals surface area contributed by atoms with Gasteiger partial charge in [0.05, 0.1) is 25.7 Å². The predicted octanol–water partition coefficient (Wildman–Crippen LogP) is 2.45. The Bertz CT molecular complexity index is 605. The van der Waals surface area contributed by atoms with Gasteiger partial charge in [0.25, 0.3) is 0 Å². The summed E-state index contributed by atoms with van der Waals surface area (Å²) in [6.45, 7) is 4.87. The van der Waals surface area contributed by atoms with Crippen molar-refractivity contribution in [2.45, 2.75) is 13.8 Å². The molecular formula is C15H18N2O3. The molecule has 0 amide bonds. The molecule has 2 aromatic rings. The minimum Gasteiger partial charge on any atom is -0.490 e. The van der Waals surface area contributed by atoms with Crippen molar-refractivity contribution in [2.75, 3.05) is 13.2 Å². The lowest BCUT2D eigenvalue weighted by molar-refractivity contribution is 0.103. The minimum atomic E-state index is -0.0889. The highest BCUT2D eigenvalue weighted by Crippen LogP contribution is 2.29. The fraction of sp³-hybridized carbons (Fsp3) is 0.333. The molecule has 5 nitrogen and oxygen atoms in total. The number of carbonyl (C=O) groups excluding carboxylic acids is 1. The van der Waals surface area contributed by atoms with E-state index in [0.29, 0.717) is 36.0 Å². The first-order valence-electron chi connectivity index (χ1n) is 6.58. The van der Waals surface area contributed by atoms with Gasteiger partial charge >= 0.3 is 0 Å². The number of imidazole rings is 1. The summed E-state index contributed by atoms with van der Waals surface area (Å²) in [6.07, 6.45) is 3.16. The summed E-state index contributed by atoms with van der Waals surface area (Å²) >= 11 is 0. The molecule has 0 bridgehead atoms. The van der Waals surface area contributed by atoms with Gasteiger partial charge in [-0.3, -0.25) is 4.79 Å². The molecule has 0 unspecified atom stereocenters. The normalized spacial score (nSPS) is 10.3. The largest absolute Gasteiger partial charge is 0.490 e. The molecule has 5 heteroatoms. The lowest BCUT2D eigenvalue weighted by Gasteiger charge is -2.12. The topological polar surface area (TPSA) is 53.3 Å². The quantitative estimate of drug-likeness (QED) is 0.759. The Morgan fingerprint density at radius 1 is 1.20 bits per heavy atom. The maximum atomic E-state index is 12.4. The van der Waals surface area contributed by atoms with Crippen molar-refractivity contribution in [3.8, 4) is 11.5 Å². The van der Waals surface area contributed by atoms with Gasteiger partial charge < -0.3 is 14.0 Å². The van der Waals surface area contributed by atoms with Crippen molar-refractivity contribution in [3.05, 3.63) is 42.0 Å². The van der Waals surface area contributed by atoms with Gasteiger partial charge in [0.2, 0.25) is 5.78 Å². The number of carbonyl (C=O) groups is 1. The number of ether oxygens (including phenoxy) is 2. The van der Waals surface area contributed by atoms with E-state index in [4.69, 9.17) is 9.47 Å². The van der Waals surface area contributed by atoms with Gasteiger partial charge in [-0.2, -0.15) is 0 Å². The van der Waals surface area contributed by atoms with Crippen LogP contribution in [-0.4, -0.2) is 28.5 Å². The number of benzene rings is 1. The third kappa shape index (κ3) is 2.82. The highest BCUT2D eigenvalue weighted by atomic mass is 16.5. The first kappa shape index (κ1) is 14.1. The van der Waals surface area contributed by atoms with Crippen LogP contribution in [0, 0.1) is 0 Å². The molecule has 0 fully saturated rings. The van der Waals surface area contributed by atoms with E-state index in [1.54, 1.807) is 42.3 Å². The van der Waals surface area contributed by atoms with Crippen molar-refractivity contribution in [2.24, 2.45) is 7.05 Å². The fourth-order valence-electron chi connectivity index (χ4n) is 1.92. The highest BCUT2D eigenvalue weighted by molar-refractivity contribution is 6.08. The van der Waals surface area contributed by atoms with Crippen molar-refractivity contribution in [1.29, 1.82) is 0 Å². The van der Waals surface area contributed by atoms with E-state index in [1.807, 2.05) is 13.8 Å². The number of hydrogen-bond acceptors (Lipinski definition) is 4. The summed E-state index contributed by atoms with van der Waals surface area (Å²) in [6, 6.07) is 5.21. The molecule has 0 aliphatic carbocycles. The number of aryl methyl sites for hydroxylation is 1. The van der Waals surface area contributed by atoms with Crippen LogP contribution in [0.1, 0.15) is 29.9 Å². The van der Waals surface area contributed by atoms with Crippen molar-refractivity contribution < 1.29 is 14.3 Å². The Hall–Kier alpha value is -2.30. The molecule has 0 aliphatic heterocycles. The van der Waals surface area contributed by atoms with Crippen LogP contribution in [0.15, 0.2) is 30.7 Å². The Morgan fingerprint density at radius 3 is 2.50 bits per heavy atom. The number of hydrogen-bond donors (Lipinski definition) is 0. The number of nitrogens with zero attached hydrogens (tertiary/aromatic N) is 2. The zero-order valence-corrected chi connectivity index (χ0v) is 11.9. The summed E-state index contributed by atoms with van der Waals surface area (Å²) in [7, 11) is 1.79. The Labute approximate surface area is 118 Å². The summed E-state index contributed by atoms with van der Waals surface area (Å²) in [4.78, 5) is 16.4. The second-order valence-electron chi connectivity index (χ2n) is 4.25. The highest BCUT2D eigenvalue weighted by Gasteiger charge is 2.15. The van der Waals surface area contributed by atoms with Crippen LogP contribution in [0.4, 0.5) is 0 Å². The van der Waals surface area contributed by atoms with Gasteiger partial charge in [-0.05, 0) is 32.0 Å². The lowest BCUT2D eigenvalue weighted by Crippen LogP contribution is -2.08. The first-order chi connectivity index (χ1) is 9.67. The van der Waals surface area contributed by atoms with Crippen molar-refractivity contribution in [3.63, 3.8) is 0 Å². The smallest absolute Gasteiger partial charge is 0.211 e. The van der Waals surface area contributed by atoms with Crippen molar-refractivity contribution >= 4 is 5.78 Å². The summed E-state index contributed by atoms with van der Waals surface area (Å²) in [5.41, 5.74) is 1.09. The maximum Gasteiger partial charge on any atom is 0.211 e. The molecule has 0 N–H and O–H groups in total. The third-order valence-corrected chi connectivity index (χ3v) is 2.85. The predicted molar refractivity (Wildman–Crippen MR) is 75.4 cm³/mol. The zero-order chi connectivity index (χ0) is 14.5. The number of aromatic nitrogens is 2. The van der Waals surface area contributed by atoms with Gasteiger partial charge in [0.15, 0.2) is 11.5 Å².